The number of carbonyl (C=O) groups is 2. The van der Waals surface area contributed by atoms with Crippen LogP contribution in [0.1, 0.15) is 130 Å². The molecule has 0 aromatic carbocycles. The summed E-state index contributed by atoms with van der Waals surface area (Å²) in [5.74, 6) is 3.24. The van der Waals surface area contributed by atoms with Gasteiger partial charge in [0.05, 0.1) is 5.60 Å². The minimum absolute atomic E-state index is 0.0582. The Balaban J connectivity index is 1.38. The maximum Gasteiger partial charge on any atom is 0.222 e. The number of carbonyl (C=O) groups excluding carboxylic acids is 2. The summed E-state index contributed by atoms with van der Waals surface area (Å²) in [5.41, 5.74) is -0.519. The minimum atomic E-state index is -0.740. The van der Waals surface area contributed by atoms with Crippen LogP contribution in [0.2, 0.25) is 0 Å². The van der Waals surface area contributed by atoms with Gasteiger partial charge in [0.2, 0.25) is 5.91 Å². The summed E-state index contributed by atoms with van der Waals surface area (Å²) in [6, 6.07) is 0. The number of nitrogens with zero attached hydrogens (tertiary/aromatic N) is 1. The highest BCUT2D eigenvalue weighted by molar-refractivity contribution is 5.87. The van der Waals surface area contributed by atoms with Crippen molar-refractivity contribution in [3.05, 3.63) is 0 Å². The molecule has 0 spiro atoms. The van der Waals surface area contributed by atoms with Gasteiger partial charge in [-0.1, -0.05) is 59.8 Å². The molecular weight excluding hydrogens is 434 g/mol. The zero-order valence-corrected chi connectivity index (χ0v) is 23.2. The molecule has 0 bridgehead atoms. The molecule has 0 radical (unpaired) electrons. The molecule has 1 unspecified atom stereocenters. The number of Topliss-reactive ketones (excluding diaryl/α,β-unsaturated/α-hetero) is 1. The van der Waals surface area contributed by atoms with Crippen molar-refractivity contribution < 1.29 is 14.7 Å². The zero-order valence-electron chi connectivity index (χ0n) is 23.2. The Labute approximate surface area is 215 Å². The Hall–Kier alpha value is -0.900. The Morgan fingerprint density at radius 1 is 0.943 bits per heavy atom. The summed E-state index contributed by atoms with van der Waals surface area (Å²) < 4.78 is 0. The van der Waals surface area contributed by atoms with Gasteiger partial charge in [-0.05, 0) is 86.9 Å². The lowest BCUT2D eigenvalue weighted by Gasteiger charge is -2.61. The fraction of sp³-hybridized carbons (Fsp3) is 0.935. The van der Waals surface area contributed by atoms with Crippen LogP contribution in [0, 0.1) is 34.5 Å². The molecule has 4 rings (SSSR count). The number of hydrogen-bond acceptors (Lipinski definition) is 3. The molecule has 1 amide bonds. The smallest absolute Gasteiger partial charge is 0.222 e. The van der Waals surface area contributed by atoms with Gasteiger partial charge in [-0.3, -0.25) is 9.59 Å². The number of hydrogen-bond donors (Lipinski definition) is 1. The normalized spacial score (nSPS) is 40.7. The Morgan fingerprint density at radius 2 is 1.69 bits per heavy atom. The van der Waals surface area contributed by atoms with E-state index in [2.05, 4.69) is 20.8 Å². The Bertz CT molecular complexity index is 766. The standard InChI is InChI=1S/C31H53NO3/c1-5-7-8-9-10-11-20-32(28(34)6-2)22-31(35)19-18-29(3)23(21-31)12-13-24-25-14-15-27(33)30(25,4)17-16-26(24)29/h23-26,35H,5-22H2,1-4H3/t23?,24-,25-,26-,29-,30-,31+/m0/s1. The highest BCUT2D eigenvalue weighted by atomic mass is 16.3. The third-order valence-electron chi connectivity index (χ3n) is 11.5. The van der Waals surface area contributed by atoms with E-state index < -0.39 is 5.60 Å². The molecule has 0 saturated heterocycles. The van der Waals surface area contributed by atoms with Crippen LogP contribution in [0.15, 0.2) is 0 Å². The van der Waals surface area contributed by atoms with Crippen molar-refractivity contribution in [2.45, 2.75) is 136 Å². The van der Waals surface area contributed by atoms with Crippen LogP contribution in [0.4, 0.5) is 0 Å². The molecule has 0 aliphatic heterocycles. The highest BCUT2D eigenvalue weighted by Gasteiger charge is 2.61. The van der Waals surface area contributed by atoms with E-state index in [1.165, 1.54) is 51.4 Å². The number of amides is 1. The summed E-state index contributed by atoms with van der Waals surface area (Å²) in [6.45, 7) is 10.3. The van der Waals surface area contributed by atoms with E-state index in [1.807, 2.05) is 11.8 Å². The first kappa shape index (κ1) is 27.1. The van der Waals surface area contributed by atoms with Crippen molar-refractivity contribution in [1.82, 2.24) is 4.90 Å². The zero-order chi connectivity index (χ0) is 25.3. The van der Waals surface area contributed by atoms with Crippen molar-refractivity contribution in [3.8, 4) is 0 Å². The van der Waals surface area contributed by atoms with Gasteiger partial charge >= 0.3 is 0 Å². The fourth-order valence-corrected chi connectivity index (χ4v) is 9.19. The topological polar surface area (TPSA) is 57.6 Å². The van der Waals surface area contributed by atoms with Crippen molar-refractivity contribution in [2.75, 3.05) is 13.1 Å². The molecule has 4 nitrogen and oxygen atoms in total. The molecule has 0 aromatic heterocycles. The molecule has 4 fully saturated rings. The summed E-state index contributed by atoms with van der Waals surface area (Å²) in [4.78, 5) is 27.5. The van der Waals surface area contributed by atoms with E-state index in [-0.39, 0.29) is 16.7 Å². The lowest BCUT2D eigenvalue weighted by molar-refractivity contribution is -0.161. The van der Waals surface area contributed by atoms with Gasteiger partial charge < -0.3 is 10.0 Å². The monoisotopic (exact) mass is 487 g/mol. The van der Waals surface area contributed by atoms with Crippen LogP contribution < -0.4 is 0 Å². The predicted molar refractivity (Wildman–Crippen MR) is 142 cm³/mol. The molecule has 0 heterocycles. The second-order valence-electron chi connectivity index (χ2n) is 13.4. The average molecular weight is 488 g/mol. The molecule has 4 saturated carbocycles. The molecule has 4 aliphatic carbocycles. The van der Waals surface area contributed by atoms with Gasteiger partial charge in [-0.2, -0.15) is 0 Å². The second-order valence-corrected chi connectivity index (χ2v) is 13.4. The predicted octanol–water partition coefficient (Wildman–Crippen LogP) is 6.93. The highest BCUT2D eigenvalue weighted by Crippen LogP contribution is 2.66. The first-order chi connectivity index (χ1) is 16.7. The van der Waals surface area contributed by atoms with Crippen LogP contribution in [-0.2, 0) is 9.59 Å². The molecule has 4 heteroatoms. The third kappa shape index (κ3) is 5.25. The largest absolute Gasteiger partial charge is 0.388 e. The molecular formula is C31H53NO3. The van der Waals surface area contributed by atoms with Gasteiger partial charge in [-0.25, -0.2) is 0 Å². The van der Waals surface area contributed by atoms with E-state index in [9.17, 15) is 14.7 Å². The Morgan fingerprint density at radius 3 is 2.43 bits per heavy atom. The van der Waals surface area contributed by atoms with Crippen molar-refractivity contribution >= 4 is 11.7 Å². The van der Waals surface area contributed by atoms with E-state index in [0.717, 1.165) is 51.5 Å². The number of unbranched alkanes of at least 4 members (excludes halogenated alkanes) is 5. The van der Waals surface area contributed by atoms with Crippen molar-refractivity contribution in [2.24, 2.45) is 34.5 Å². The lowest BCUT2D eigenvalue weighted by Crippen LogP contribution is -2.58. The van der Waals surface area contributed by atoms with Crippen LogP contribution in [0.3, 0.4) is 0 Å². The number of aliphatic hydroxyl groups is 1. The van der Waals surface area contributed by atoms with E-state index in [4.69, 9.17) is 0 Å². The van der Waals surface area contributed by atoms with E-state index in [0.29, 0.717) is 42.4 Å². The summed E-state index contributed by atoms with van der Waals surface area (Å²) in [7, 11) is 0. The first-order valence-corrected chi connectivity index (χ1v) is 15.2. The van der Waals surface area contributed by atoms with E-state index in [1.54, 1.807) is 0 Å². The number of fused-ring (bicyclic) bond motifs is 5. The fourth-order valence-electron chi connectivity index (χ4n) is 9.19. The lowest BCUT2D eigenvalue weighted by atomic mass is 9.44. The maximum atomic E-state index is 12.8. The number of rotatable bonds is 10. The Kier molecular flexibility index (Phi) is 8.40. The first-order valence-electron chi connectivity index (χ1n) is 15.2. The van der Waals surface area contributed by atoms with Crippen molar-refractivity contribution in [3.63, 3.8) is 0 Å². The molecule has 1 N–H and O–H groups in total. The van der Waals surface area contributed by atoms with Gasteiger partial charge in [0, 0.05) is 31.3 Å². The SMILES string of the molecule is CCCCCCCCN(C[C@@]1(O)CC[C@@]2(C)C(CC[C@@H]3[C@@H]2CC[C@]2(C)C(=O)CC[C@@H]32)C1)C(=O)CC. The van der Waals surface area contributed by atoms with Crippen LogP contribution >= 0.6 is 0 Å². The molecule has 200 valence electrons. The summed E-state index contributed by atoms with van der Waals surface area (Å²) in [5, 5.41) is 11.8. The van der Waals surface area contributed by atoms with Gasteiger partial charge in [0.25, 0.3) is 0 Å². The molecule has 7 atom stereocenters. The number of ketones is 1. The van der Waals surface area contributed by atoms with Crippen LogP contribution in [-0.4, -0.2) is 40.4 Å². The minimum Gasteiger partial charge on any atom is -0.388 e. The van der Waals surface area contributed by atoms with Gasteiger partial charge in [0.1, 0.15) is 5.78 Å². The van der Waals surface area contributed by atoms with Gasteiger partial charge in [-0.15, -0.1) is 0 Å². The maximum absolute atomic E-state index is 12.8. The van der Waals surface area contributed by atoms with Crippen LogP contribution in [0.25, 0.3) is 0 Å². The van der Waals surface area contributed by atoms with Crippen molar-refractivity contribution in [1.29, 1.82) is 0 Å². The molecule has 35 heavy (non-hydrogen) atoms. The average Bonchev–Trinajstić information content (AvgIpc) is 3.15. The summed E-state index contributed by atoms with van der Waals surface area (Å²) in [6.07, 6.45) is 17.1. The second kappa shape index (κ2) is 10.8. The van der Waals surface area contributed by atoms with Crippen LogP contribution in [0.5, 0.6) is 0 Å². The molecule has 0 aromatic rings. The van der Waals surface area contributed by atoms with Gasteiger partial charge in [0.15, 0.2) is 0 Å². The summed E-state index contributed by atoms with van der Waals surface area (Å²) >= 11 is 0. The quantitative estimate of drug-likeness (QED) is 0.340. The molecule has 4 aliphatic rings. The third-order valence-corrected chi connectivity index (χ3v) is 11.5. The van der Waals surface area contributed by atoms with E-state index >= 15 is 0 Å².